The van der Waals surface area contributed by atoms with Crippen LogP contribution in [-0.2, 0) is 20.0 Å². The van der Waals surface area contributed by atoms with Gasteiger partial charge in [0.2, 0.25) is 10.0 Å². The van der Waals surface area contributed by atoms with Crippen LogP contribution in [-0.4, -0.2) is 29.5 Å². The topological polar surface area (TPSA) is 102 Å². The molecule has 2 aromatic carbocycles. The molecule has 0 radical (unpaired) electrons. The molecule has 7 nitrogen and oxygen atoms in total. The van der Waals surface area contributed by atoms with Gasteiger partial charge in [0.05, 0.1) is 16.9 Å². The maximum Gasteiger partial charge on any atom is 0.261 e. The van der Waals surface area contributed by atoms with Crippen LogP contribution >= 0.6 is 0 Å². The van der Waals surface area contributed by atoms with Gasteiger partial charge < -0.3 is 4.74 Å². The summed E-state index contributed by atoms with van der Waals surface area (Å²) in [6, 6.07) is 11.9. The van der Waals surface area contributed by atoms with Crippen LogP contribution in [0.3, 0.4) is 0 Å². The molecule has 9 heteroatoms. The second kappa shape index (κ2) is 7.74. The Labute approximate surface area is 189 Å². The molecule has 0 saturated heterocycles. The average molecular weight is 477 g/mol. The van der Waals surface area contributed by atoms with E-state index in [1.54, 1.807) is 12.1 Å². The lowest BCUT2D eigenvalue weighted by Gasteiger charge is -2.56. The lowest BCUT2D eigenvalue weighted by molar-refractivity contribution is -0.00810. The van der Waals surface area contributed by atoms with Gasteiger partial charge >= 0.3 is 0 Å². The quantitative estimate of drug-likeness (QED) is 0.634. The van der Waals surface area contributed by atoms with Crippen LogP contribution < -0.4 is 14.2 Å². The summed E-state index contributed by atoms with van der Waals surface area (Å²) in [6.07, 6.45) is 6.51. The summed E-state index contributed by atoms with van der Waals surface area (Å²) in [5, 5.41) is 0. The molecule has 4 fully saturated rings. The molecule has 4 bridgehead atoms. The zero-order valence-electron chi connectivity index (χ0n) is 18.0. The molecular weight excluding hydrogens is 448 g/mol. The largest absolute Gasteiger partial charge is 0.497 e. The molecule has 0 atom stereocenters. The first kappa shape index (κ1) is 21.7. The van der Waals surface area contributed by atoms with Gasteiger partial charge in [0, 0.05) is 11.2 Å². The van der Waals surface area contributed by atoms with E-state index in [1.807, 2.05) is 0 Å². The summed E-state index contributed by atoms with van der Waals surface area (Å²) in [4.78, 5) is 0.249. The third kappa shape index (κ3) is 4.13. The Bertz CT molecular complexity index is 1170. The van der Waals surface area contributed by atoms with Gasteiger partial charge in [0.1, 0.15) is 5.75 Å². The number of hydrogen-bond donors (Lipinski definition) is 2. The highest BCUT2D eigenvalue weighted by Crippen LogP contribution is 2.56. The highest BCUT2D eigenvalue weighted by Gasteiger charge is 2.52. The highest BCUT2D eigenvalue weighted by molar-refractivity contribution is 7.92. The second-order valence-corrected chi connectivity index (χ2v) is 13.0. The van der Waals surface area contributed by atoms with Crippen molar-refractivity contribution < 1.29 is 21.6 Å². The van der Waals surface area contributed by atoms with Crippen molar-refractivity contribution in [2.24, 2.45) is 17.8 Å². The summed E-state index contributed by atoms with van der Waals surface area (Å²) in [6.45, 7) is 0. The molecule has 0 amide bonds. The van der Waals surface area contributed by atoms with E-state index in [9.17, 15) is 16.8 Å². The van der Waals surface area contributed by atoms with Gasteiger partial charge in [-0.3, -0.25) is 4.72 Å². The fourth-order valence-corrected chi connectivity index (χ4v) is 8.74. The monoisotopic (exact) mass is 476 g/mol. The molecule has 2 N–H and O–H groups in total. The van der Waals surface area contributed by atoms with Crippen molar-refractivity contribution in [2.75, 3.05) is 11.8 Å². The minimum absolute atomic E-state index is 0.0958. The second-order valence-electron chi connectivity index (χ2n) is 9.61. The number of benzene rings is 2. The Morgan fingerprint density at radius 2 is 1.22 bits per heavy atom. The van der Waals surface area contributed by atoms with Crippen LogP contribution in [0.1, 0.15) is 38.5 Å². The standard InChI is InChI=1S/C23H28N2O5S2/c1-30-20-4-8-21(9-5-20)31(26,27)24-19-2-6-22(7-3-19)32(28,29)25-23-13-16-10-17(14-23)12-18(11-16)15-23/h2-9,16-18,24-25H,10-15H2,1H3. The lowest BCUT2D eigenvalue weighted by atomic mass is 9.53. The first-order valence-corrected chi connectivity index (χ1v) is 13.9. The van der Waals surface area contributed by atoms with Gasteiger partial charge in [0.25, 0.3) is 10.0 Å². The summed E-state index contributed by atoms with van der Waals surface area (Å²) < 4.78 is 62.1. The van der Waals surface area contributed by atoms with Crippen molar-refractivity contribution in [1.82, 2.24) is 4.72 Å². The number of methoxy groups -OCH3 is 1. The number of rotatable bonds is 7. The normalized spacial score (nSPS) is 29.1. The van der Waals surface area contributed by atoms with E-state index >= 15 is 0 Å². The van der Waals surface area contributed by atoms with E-state index < -0.39 is 20.0 Å². The van der Waals surface area contributed by atoms with Crippen LogP contribution in [0.15, 0.2) is 58.3 Å². The minimum atomic E-state index is -3.79. The fourth-order valence-electron chi connectivity index (χ4n) is 6.25. The first-order chi connectivity index (χ1) is 15.2. The minimum Gasteiger partial charge on any atom is -0.497 e. The first-order valence-electron chi connectivity index (χ1n) is 11.0. The van der Waals surface area contributed by atoms with Gasteiger partial charge in [-0.25, -0.2) is 21.6 Å². The van der Waals surface area contributed by atoms with Gasteiger partial charge in [0.15, 0.2) is 0 Å². The van der Waals surface area contributed by atoms with Crippen molar-refractivity contribution >= 4 is 25.7 Å². The molecule has 4 saturated carbocycles. The van der Waals surface area contributed by atoms with Gasteiger partial charge in [-0.15, -0.1) is 0 Å². The SMILES string of the molecule is COc1ccc(S(=O)(=O)Nc2ccc(S(=O)(=O)NC34CC5CC(CC(C5)C3)C4)cc2)cc1. The summed E-state index contributed by atoms with van der Waals surface area (Å²) >= 11 is 0. The molecule has 4 aliphatic rings. The van der Waals surface area contributed by atoms with Gasteiger partial charge in [-0.2, -0.15) is 0 Å². The third-order valence-electron chi connectivity index (χ3n) is 7.18. The van der Waals surface area contributed by atoms with E-state index in [-0.39, 0.29) is 15.3 Å². The number of nitrogens with one attached hydrogen (secondary N) is 2. The van der Waals surface area contributed by atoms with Gasteiger partial charge in [-0.05, 0) is 105 Å². The molecule has 2 aromatic rings. The predicted molar refractivity (Wildman–Crippen MR) is 121 cm³/mol. The Hall–Kier alpha value is -2.10. The van der Waals surface area contributed by atoms with Crippen molar-refractivity contribution in [3.63, 3.8) is 0 Å². The third-order valence-corrected chi connectivity index (χ3v) is 10.2. The molecule has 172 valence electrons. The van der Waals surface area contributed by atoms with Crippen LogP contribution in [0.2, 0.25) is 0 Å². The van der Waals surface area contributed by atoms with Crippen molar-refractivity contribution in [3.05, 3.63) is 48.5 Å². The zero-order chi connectivity index (χ0) is 22.6. The Morgan fingerprint density at radius 1 is 0.750 bits per heavy atom. The molecule has 32 heavy (non-hydrogen) atoms. The molecule has 0 unspecified atom stereocenters. The van der Waals surface area contributed by atoms with Crippen LogP contribution in [0.25, 0.3) is 0 Å². The Kier molecular flexibility index (Phi) is 5.26. The number of anilines is 1. The summed E-state index contributed by atoms with van der Waals surface area (Å²) in [5.41, 5.74) is -0.0167. The Morgan fingerprint density at radius 3 is 1.72 bits per heavy atom. The maximum atomic E-state index is 13.1. The smallest absolute Gasteiger partial charge is 0.261 e. The van der Waals surface area contributed by atoms with E-state index in [2.05, 4.69) is 9.44 Å². The van der Waals surface area contributed by atoms with Crippen LogP contribution in [0, 0.1) is 17.8 Å². The zero-order valence-corrected chi connectivity index (χ0v) is 19.6. The van der Waals surface area contributed by atoms with E-state index in [0.29, 0.717) is 29.2 Å². The van der Waals surface area contributed by atoms with Crippen molar-refractivity contribution in [2.45, 2.75) is 53.9 Å². The van der Waals surface area contributed by atoms with Crippen LogP contribution in [0.4, 0.5) is 5.69 Å². The molecule has 4 aliphatic carbocycles. The van der Waals surface area contributed by atoms with Gasteiger partial charge in [-0.1, -0.05) is 0 Å². The van der Waals surface area contributed by atoms with Crippen LogP contribution in [0.5, 0.6) is 5.75 Å². The summed E-state index contributed by atoms with van der Waals surface area (Å²) in [5.74, 6) is 2.47. The maximum absolute atomic E-state index is 13.1. The summed E-state index contributed by atoms with van der Waals surface area (Å²) in [7, 11) is -5.97. The molecule has 0 spiro atoms. The van der Waals surface area contributed by atoms with E-state index in [0.717, 1.165) is 19.3 Å². The number of hydrogen-bond acceptors (Lipinski definition) is 5. The average Bonchev–Trinajstić information content (AvgIpc) is 2.72. The van der Waals surface area contributed by atoms with E-state index in [1.165, 1.54) is 62.8 Å². The molecular formula is C23H28N2O5S2. The predicted octanol–water partition coefficient (Wildman–Crippen LogP) is 3.74. The molecule has 0 aromatic heterocycles. The highest BCUT2D eigenvalue weighted by atomic mass is 32.2. The Balaban J connectivity index is 1.30. The lowest BCUT2D eigenvalue weighted by Crippen LogP contribution is -2.59. The number of sulfonamides is 2. The fraction of sp³-hybridized carbons (Fsp3) is 0.478. The molecule has 0 heterocycles. The van der Waals surface area contributed by atoms with Crippen molar-refractivity contribution in [1.29, 1.82) is 0 Å². The molecule has 6 rings (SSSR count). The van der Waals surface area contributed by atoms with Crippen molar-refractivity contribution in [3.8, 4) is 5.75 Å². The number of ether oxygens (including phenoxy) is 1. The van der Waals surface area contributed by atoms with E-state index in [4.69, 9.17) is 4.74 Å². The molecule has 0 aliphatic heterocycles.